The highest BCUT2D eigenvalue weighted by Crippen LogP contribution is 2.35. The van der Waals surface area contributed by atoms with Gasteiger partial charge in [-0.15, -0.1) is 0 Å². The molecule has 0 radical (unpaired) electrons. The van der Waals surface area contributed by atoms with E-state index in [4.69, 9.17) is 12.2 Å². The predicted octanol–water partition coefficient (Wildman–Crippen LogP) is 5.21. The number of aromatic nitrogens is 3. The lowest BCUT2D eigenvalue weighted by Crippen LogP contribution is -2.00. The number of benzene rings is 2. The van der Waals surface area contributed by atoms with Crippen LogP contribution in [0.2, 0.25) is 0 Å². The van der Waals surface area contributed by atoms with Crippen molar-refractivity contribution in [2.24, 2.45) is 0 Å². The first-order valence-electron chi connectivity index (χ1n) is 8.72. The average Bonchev–Trinajstić information content (AvgIpc) is 3.01. The van der Waals surface area contributed by atoms with E-state index in [1.165, 1.54) is 11.6 Å². The molecule has 3 N–H and O–H groups in total. The first kappa shape index (κ1) is 19.7. The van der Waals surface area contributed by atoms with E-state index in [1.54, 1.807) is 10.6 Å². The van der Waals surface area contributed by atoms with Crippen molar-refractivity contribution >= 4 is 12.2 Å². The standard InChI is InChI=1S/C18H19N3O2S.C2H6/c1-4-12-8-14(16(23)9-15(12)22)17-19-20-18(24)21(17)13-6-5-10(2)11(3)7-13;1-2/h5-9,22-23H,4H2,1-3H3,(H,20,24);1-2H3. The summed E-state index contributed by atoms with van der Waals surface area (Å²) >= 11 is 5.38. The Kier molecular flexibility index (Phi) is 6.21. The maximum absolute atomic E-state index is 10.3. The van der Waals surface area contributed by atoms with E-state index in [2.05, 4.69) is 10.2 Å². The average molecular weight is 372 g/mol. The zero-order valence-electron chi connectivity index (χ0n) is 15.8. The number of aryl methyl sites for hydroxylation is 3. The number of phenols is 2. The summed E-state index contributed by atoms with van der Waals surface area (Å²) in [6.45, 7) is 10.0. The van der Waals surface area contributed by atoms with Crippen molar-refractivity contribution in [3.63, 3.8) is 0 Å². The zero-order chi connectivity index (χ0) is 19.4. The van der Waals surface area contributed by atoms with E-state index in [0.717, 1.165) is 16.8 Å². The normalized spacial score (nSPS) is 10.3. The molecule has 3 rings (SSSR count). The molecular formula is C20H25N3O2S. The number of aromatic amines is 1. The Hall–Kier alpha value is -2.60. The lowest BCUT2D eigenvalue weighted by atomic mass is 10.1. The van der Waals surface area contributed by atoms with Crippen LogP contribution in [0.25, 0.3) is 17.1 Å². The lowest BCUT2D eigenvalue weighted by Gasteiger charge is -2.12. The molecule has 0 spiro atoms. The minimum absolute atomic E-state index is 0.0382. The van der Waals surface area contributed by atoms with Crippen LogP contribution in [0.15, 0.2) is 30.3 Å². The molecule has 138 valence electrons. The fourth-order valence-corrected chi connectivity index (χ4v) is 2.90. The summed E-state index contributed by atoms with van der Waals surface area (Å²) in [4.78, 5) is 0. The highest BCUT2D eigenvalue weighted by atomic mass is 32.1. The molecule has 0 aliphatic rings. The van der Waals surface area contributed by atoms with E-state index in [1.807, 2.05) is 52.8 Å². The molecule has 0 aliphatic carbocycles. The van der Waals surface area contributed by atoms with Crippen LogP contribution in [-0.2, 0) is 6.42 Å². The third-order valence-electron chi connectivity index (χ3n) is 4.24. The topological polar surface area (TPSA) is 74.1 Å². The third-order valence-corrected chi connectivity index (χ3v) is 4.51. The first-order chi connectivity index (χ1) is 12.4. The summed E-state index contributed by atoms with van der Waals surface area (Å²) in [6, 6.07) is 9.11. The number of H-pyrrole nitrogens is 1. The van der Waals surface area contributed by atoms with E-state index in [-0.39, 0.29) is 11.5 Å². The Labute approximate surface area is 159 Å². The molecule has 0 amide bonds. The summed E-state index contributed by atoms with van der Waals surface area (Å²) in [7, 11) is 0. The summed E-state index contributed by atoms with van der Waals surface area (Å²) in [5.41, 5.74) is 4.47. The second-order valence-corrected chi connectivity index (χ2v) is 6.19. The highest BCUT2D eigenvalue weighted by Gasteiger charge is 2.17. The van der Waals surface area contributed by atoms with Crippen molar-refractivity contribution in [3.05, 3.63) is 51.8 Å². The maximum Gasteiger partial charge on any atom is 0.200 e. The molecule has 0 atom stereocenters. The Morgan fingerprint density at radius 1 is 1.04 bits per heavy atom. The number of hydrogen-bond acceptors (Lipinski definition) is 4. The minimum atomic E-state index is -0.0382. The van der Waals surface area contributed by atoms with E-state index in [9.17, 15) is 10.2 Å². The van der Waals surface area contributed by atoms with Gasteiger partial charge in [-0.25, -0.2) is 0 Å². The lowest BCUT2D eigenvalue weighted by molar-refractivity contribution is 0.447. The summed E-state index contributed by atoms with van der Waals surface area (Å²) < 4.78 is 2.23. The van der Waals surface area contributed by atoms with Gasteiger partial charge in [-0.1, -0.05) is 26.8 Å². The third kappa shape index (κ3) is 3.65. The fourth-order valence-electron chi connectivity index (χ4n) is 2.67. The molecule has 0 bridgehead atoms. The van der Waals surface area contributed by atoms with Crippen molar-refractivity contribution in [2.45, 2.75) is 41.0 Å². The van der Waals surface area contributed by atoms with E-state index >= 15 is 0 Å². The number of hydrogen-bond donors (Lipinski definition) is 3. The van der Waals surface area contributed by atoms with Crippen LogP contribution < -0.4 is 0 Å². The predicted molar refractivity (Wildman–Crippen MR) is 108 cm³/mol. The van der Waals surface area contributed by atoms with Crippen molar-refractivity contribution in [3.8, 4) is 28.6 Å². The summed E-state index contributed by atoms with van der Waals surface area (Å²) in [5, 5.41) is 27.3. The molecule has 2 aromatic carbocycles. The molecule has 0 saturated heterocycles. The number of aromatic hydroxyl groups is 2. The molecule has 6 heteroatoms. The molecule has 26 heavy (non-hydrogen) atoms. The number of rotatable bonds is 3. The molecule has 1 aromatic heterocycles. The zero-order valence-corrected chi connectivity index (χ0v) is 16.6. The van der Waals surface area contributed by atoms with E-state index in [0.29, 0.717) is 22.6 Å². The summed E-state index contributed by atoms with van der Waals surface area (Å²) in [6.07, 6.45) is 0.647. The van der Waals surface area contributed by atoms with Crippen LogP contribution in [0, 0.1) is 18.6 Å². The molecule has 0 saturated carbocycles. The Morgan fingerprint density at radius 3 is 2.35 bits per heavy atom. The van der Waals surface area contributed by atoms with Gasteiger partial charge in [0.15, 0.2) is 10.6 Å². The molecule has 0 aliphatic heterocycles. The molecule has 0 unspecified atom stereocenters. The van der Waals surface area contributed by atoms with E-state index < -0.39 is 0 Å². The van der Waals surface area contributed by atoms with Gasteiger partial charge in [0.2, 0.25) is 0 Å². The van der Waals surface area contributed by atoms with Crippen LogP contribution in [0.5, 0.6) is 11.5 Å². The maximum atomic E-state index is 10.3. The van der Waals surface area contributed by atoms with Gasteiger partial charge in [-0.05, 0) is 67.4 Å². The van der Waals surface area contributed by atoms with Crippen LogP contribution in [0.1, 0.15) is 37.5 Å². The number of phenolic OH excluding ortho intramolecular Hbond substituents is 2. The Morgan fingerprint density at radius 2 is 1.73 bits per heavy atom. The second kappa shape index (κ2) is 8.19. The smallest absolute Gasteiger partial charge is 0.200 e. The van der Waals surface area contributed by atoms with Crippen molar-refractivity contribution in [1.29, 1.82) is 0 Å². The van der Waals surface area contributed by atoms with Gasteiger partial charge in [0, 0.05) is 6.07 Å². The SMILES string of the molecule is CC.CCc1cc(-c2n[nH]c(=S)n2-c2ccc(C)c(C)c2)c(O)cc1O. The second-order valence-electron chi connectivity index (χ2n) is 5.81. The number of nitrogens with one attached hydrogen (secondary N) is 1. The minimum Gasteiger partial charge on any atom is -0.508 e. The van der Waals surface area contributed by atoms with Gasteiger partial charge < -0.3 is 10.2 Å². The molecule has 0 fully saturated rings. The van der Waals surface area contributed by atoms with Crippen LogP contribution in [0.3, 0.4) is 0 Å². The van der Waals surface area contributed by atoms with Crippen molar-refractivity contribution < 1.29 is 10.2 Å². The van der Waals surface area contributed by atoms with Gasteiger partial charge in [0.05, 0.1) is 11.3 Å². The molecule has 5 nitrogen and oxygen atoms in total. The molecular weight excluding hydrogens is 346 g/mol. The largest absolute Gasteiger partial charge is 0.508 e. The van der Waals surface area contributed by atoms with Crippen LogP contribution >= 0.6 is 12.2 Å². The molecule has 3 aromatic rings. The monoisotopic (exact) mass is 371 g/mol. The van der Waals surface area contributed by atoms with Crippen molar-refractivity contribution in [2.75, 3.05) is 0 Å². The first-order valence-corrected chi connectivity index (χ1v) is 9.13. The van der Waals surface area contributed by atoms with Gasteiger partial charge >= 0.3 is 0 Å². The molecule has 1 heterocycles. The quantitative estimate of drug-likeness (QED) is 0.552. The summed E-state index contributed by atoms with van der Waals surface area (Å²) in [5.74, 6) is 0.546. The number of nitrogens with zero attached hydrogens (tertiary/aromatic N) is 2. The highest BCUT2D eigenvalue weighted by molar-refractivity contribution is 7.71. The fraction of sp³-hybridized carbons (Fsp3) is 0.300. The van der Waals surface area contributed by atoms with Gasteiger partial charge in [-0.3, -0.25) is 9.67 Å². The Balaban J connectivity index is 0.00000117. The Bertz CT molecular complexity index is 974. The van der Waals surface area contributed by atoms with Crippen molar-refractivity contribution in [1.82, 2.24) is 14.8 Å². The van der Waals surface area contributed by atoms with Crippen LogP contribution in [-0.4, -0.2) is 25.0 Å². The van der Waals surface area contributed by atoms with Gasteiger partial charge in [0.1, 0.15) is 11.5 Å². The van der Waals surface area contributed by atoms with Gasteiger partial charge in [0.25, 0.3) is 0 Å². The van der Waals surface area contributed by atoms with Gasteiger partial charge in [-0.2, -0.15) is 5.10 Å². The van der Waals surface area contributed by atoms with Crippen LogP contribution in [0.4, 0.5) is 0 Å².